The number of nitrogens with zero attached hydrogens (tertiary/aromatic N) is 5. The van der Waals surface area contributed by atoms with Crippen molar-refractivity contribution < 1.29 is 14.9 Å². The van der Waals surface area contributed by atoms with E-state index in [1.165, 1.54) is 11.8 Å². The van der Waals surface area contributed by atoms with Crippen molar-refractivity contribution >= 4 is 47.6 Å². The highest BCUT2D eigenvalue weighted by molar-refractivity contribution is 7.99. The highest BCUT2D eigenvalue weighted by Crippen LogP contribution is 2.40. The summed E-state index contributed by atoms with van der Waals surface area (Å²) in [6.07, 6.45) is 3.31. The van der Waals surface area contributed by atoms with E-state index in [0.29, 0.717) is 41.3 Å². The van der Waals surface area contributed by atoms with Gasteiger partial charge in [0.15, 0.2) is 5.82 Å². The largest absolute Gasteiger partial charge is 0.390 e. The van der Waals surface area contributed by atoms with Gasteiger partial charge in [0.25, 0.3) is 0 Å². The fourth-order valence-electron chi connectivity index (χ4n) is 4.15. The molecule has 0 aromatic carbocycles. The lowest BCUT2D eigenvalue weighted by Crippen LogP contribution is -2.51. The summed E-state index contributed by atoms with van der Waals surface area (Å²) in [6, 6.07) is 1.85. The van der Waals surface area contributed by atoms with Crippen LogP contribution in [0.15, 0.2) is 22.2 Å². The van der Waals surface area contributed by atoms with E-state index in [1.54, 1.807) is 6.20 Å². The number of hydrogen-bond acceptors (Lipinski definition) is 10. The fourth-order valence-corrected chi connectivity index (χ4v) is 5.44. The summed E-state index contributed by atoms with van der Waals surface area (Å²) in [5, 5.41) is 20.9. The number of aromatic nitrogens is 3. The predicted molar refractivity (Wildman–Crippen MR) is 138 cm³/mol. The Bertz CT molecular complexity index is 1010. The van der Waals surface area contributed by atoms with Gasteiger partial charge in [-0.25, -0.2) is 15.0 Å². The van der Waals surface area contributed by atoms with Crippen LogP contribution in [-0.4, -0.2) is 69.5 Å². The number of aliphatic hydroxyl groups is 2. The molecule has 0 radical (unpaired) electrons. The van der Waals surface area contributed by atoms with Crippen LogP contribution in [-0.2, 0) is 11.3 Å². The predicted octanol–water partition coefficient (Wildman–Crippen LogP) is 3.56. The molecule has 0 saturated carbocycles. The van der Waals surface area contributed by atoms with Crippen LogP contribution >= 0.6 is 36.0 Å². The van der Waals surface area contributed by atoms with Crippen molar-refractivity contribution in [3.63, 3.8) is 0 Å². The molecular weight excluding hydrogens is 494 g/mol. The molecule has 0 unspecified atom stereocenters. The average molecular weight is 526 g/mol. The number of anilines is 2. The third-order valence-electron chi connectivity index (χ3n) is 6.37. The first-order valence-electron chi connectivity index (χ1n) is 11.5. The van der Waals surface area contributed by atoms with Gasteiger partial charge in [0, 0.05) is 37.3 Å². The molecule has 2 aliphatic heterocycles. The molecule has 1 atom stereocenters. The summed E-state index contributed by atoms with van der Waals surface area (Å²) in [5.74, 6) is 1.40. The van der Waals surface area contributed by atoms with Crippen molar-refractivity contribution in [1.82, 2.24) is 15.0 Å². The molecule has 2 aromatic heterocycles. The summed E-state index contributed by atoms with van der Waals surface area (Å²) < 4.78 is 5.75. The number of β-amino-alcohol motifs (C(OH)–C–C–N with tert-alkyl or cyclic N) is 1. The fraction of sp³-hybridized carbons (Fsp3) is 0.609. The maximum Gasteiger partial charge on any atom is 0.153 e. The average Bonchev–Trinajstić information content (AvgIpc) is 2.79. The molecule has 0 bridgehead atoms. The van der Waals surface area contributed by atoms with Crippen LogP contribution in [0.1, 0.15) is 38.1 Å². The Hall–Kier alpha value is -1.30. The summed E-state index contributed by atoms with van der Waals surface area (Å²) >= 11 is 12.4. The third kappa shape index (κ3) is 5.74. The van der Waals surface area contributed by atoms with Crippen LogP contribution in [0.25, 0.3) is 0 Å². The third-order valence-corrected chi connectivity index (χ3v) is 8.15. The lowest BCUT2D eigenvalue weighted by atomic mass is 9.81. The van der Waals surface area contributed by atoms with Gasteiger partial charge in [-0.1, -0.05) is 30.3 Å². The Labute approximate surface area is 215 Å². The summed E-state index contributed by atoms with van der Waals surface area (Å²) in [7, 11) is 0. The Morgan fingerprint density at radius 3 is 2.59 bits per heavy atom. The zero-order valence-corrected chi connectivity index (χ0v) is 22.2. The molecule has 0 aliphatic carbocycles. The topological polar surface area (TPSA) is 94.8 Å². The van der Waals surface area contributed by atoms with Gasteiger partial charge in [-0.2, -0.15) is 0 Å². The molecule has 2 aliphatic rings. The molecule has 2 aromatic rings. The summed E-state index contributed by atoms with van der Waals surface area (Å²) in [6.45, 7) is 9.31. The van der Waals surface area contributed by atoms with Gasteiger partial charge < -0.3 is 24.7 Å². The van der Waals surface area contributed by atoms with Crippen molar-refractivity contribution in [2.45, 2.75) is 61.7 Å². The zero-order valence-electron chi connectivity index (χ0n) is 19.7. The normalized spacial score (nSPS) is 19.3. The van der Waals surface area contributed by atoms with E-state index < -0.39 is 0 Å². The smallest absolute Gasteiger partial charge is 0.153 e. The zero-order chi connectivity index (χ0) is 24.5. The molecule has 34 heavy (non-hydrogen) atoms. The van der Waals surface area contributed by atoms with Crippen LogP contribution in [0.5, 0.6) is 0 Å². The lowest BCUT2D eigenvalue weighted by Gasteiger charge is -2.40. The van der Waals surface area contributed by atoms with Crippen molar-refractivity contribution in [1.29, 1.82) is 0 Å². The Morgan fingerprint density at radius 1 is 1.26 bits per heavy atom. The first-order valence-corrected chi connectivity index (χ1v) is 13.2. The minimum Gasteiger partial charge on any atom is -0.390 e. The Kier molecular flexibility index (Phi) is 8.16. The number of hydrogen-bond donors (Lipinski definition) is 3. The quantitative estimate of drug-likeness (QED) is 0.353. The summed E-state index contributed by atoms with van der Waals surface area (Å²) in [4.78, 5) is 19.0. The molecule has 11 heteroatoms. The first-order chi connectivity index (χ1) is 16.2. The van der Waals surface area contributed by atoms with E-state index in [-0.39, 0.29) is 23.6 Å². The minimum absolute atomic E-state index is 0.0723. The number of thiol groups is 1. The molecular formula is C23H32ClN5O3S2. The molecule has 2 fully saturated rings. The Morgan fingerprint density at radius 2 is 1.97 bits per heavy atom. The molecule has 2 saturated heterocycles. The van der Waals surface area contributed by atoms with Gasteiger partial charge in [0.1, 0.15) is 16.5 Å². The molecule has 4 rings (SSSR count). The second-order valence-corrected chi connectivity index (χ2v) is 11.5. The minimum atomic E-state index is -0.339. The molecule has 0 amide bonds. The van der Waals surface area contributed by atoms with Crippen LogP contribution in [0.2, 0.25) is 5.02 Å². The van der Waals surface area contributed by atoms with E-state index in [9.17, 15) is 10.2 Å². The van der Waals surface area contributed by atoms with Gasteiger partial charge in [-0.05, 0) is 38.2 Å². The highest BCUT2D eigenvalue weighted by Gasteiger charge is 2.33. The van der Waals surface area contributed by atoms with Crippen molar-refractivity contribution in [2.75, 3.05) is 42.6 Å². The maximum atomic E-state index is 10.1. The Balaban J connectivity index is 1.50. The maximum absolute atomic E-state index is 10.1. The molecule has 186 valence electrons. The van der Waals surface area contributed by atoms with Crippen LogP contribution in [0.4, 0.5) is 11.6 Å². The van der Waals surface area contributed by atoms with Crippen molar-refractivity contribution in [3.05, 3.63) is 28.7 Å². The highest BCUT2D eigenvalue weighted by atomic mass is 35.5. The molecule has 2 N–H and O–H groups in total. The first kappa shape index (κ1) is 25.8. The van der Waals surface area contributed by atoms with Gasteiger partial charge in [-0.3, -0.25) is 0 Å². The molecule has 8 nitrogen and oxygen atoms in total. The second-order valence-electron chi connectivity index (χ2n) is 9.36. The van der Waals surface area contributed by atoms with E-state index >= 15 is 0 Å². The standard InChI is InChI=1S/C23H32ClN5O3S2/c1-14-22(34-18-4-7-25-21(19(18)24)29-10-16(31)11-29)27-17(12-30)20(26-14)28-8-5-23(3,6-9-28)13-32-15(2)33/h4,7,15-16,30-31,33H,5-6,8-13H2,1-3H3/t15-/m1/s1. The number of ether oxygens (including phenoxy) is 1. The van der Waals surface area contributed by atoms with E-state index in [1.807, 2.05) is 24.8 Å². The number of piperidine rings is 1. The van der Waals surface area contributed by atoms with Crippen LogP contribution in [0, 0.1) is 12.3 Å². The van der Waals surface area contributed by atoms with E-state index in [4.69, 9.17) is 26.3 Å². The van der Waals surface area contributed by atoms with Crippen LogP contribution in [0.3, 0.4) is 0 Å². The van der Waals surface area contributed by atoms with Crippen LogP contribution < -0.4 is 9.80 Å². The second kappa shape index (κ2) is 10.8. The van der Waals surface area contributed by atoms with Gasteiger partial charge in [-0.15, -0.1) is 12.6 Å². The number of aliphatic hydroxyl groups excluding tert-OH is 2. The number of rotatable bonds is 8. The van der Waals surface area contributed by atoms with Crippen molar-refractivity contribution in [3.8, 4) is 0 Å². The number of aryl methyl sites for hydroxylation is 1. The van der Waals surface area contributed by atoms with E-state index in [2.05, 4.69) is 29.4 Å². The molecule has 0 spiro atoms. The van der Waals surface area contributed by atoms with Gasteiger partial charge in [0.05, 0.1) is 35.5 Å². The van der Waals surface area contributed by atoms with Gasteiger partial charge >= 0.3 is 0 Å². The number of halogens is 1. The molecule has 4 heterocycles. The SMILES string of the molecule is Cc1nc(N2CCC(C)(CO[C@@H](C)S)CC2)c(CO)nc1Sc1ccnc(N2CC(O)C2)c1Cl. The van der Waals surface area contributed by atoms with Gasteiger partial charge in [0.2, 0.25) is 0 Å². The number of pyridine rings is 1. The van der Waals surface area contributed by atoms with E-state index in [0.717, 1.165) is 42.3 Å². The lowest BCUT2D eigenvalue weighted by molar-refractivity contribution is 0.0325. The monoisotopic (exact) mass is 525 g/mol. The van der Waals surface area contributed by atoms with Crippen molar-refractivity contribution in [2.24, 2.45) is 5.41 Å². The summed E-state index contributed by atoms with van der Waals surface area (Å²) in [5.41, 5.74) is 1.38.